The number of thiophene rings is 4. The number of hydrogen-bond donors (Lipinski definition) is 0. The van der Waals surface area contributed by atoms with Crippen LogP contribution in [0.25, 0.3) is 50.7 Å². The van der Waals surface area contributed by atoms with E-state index in [0.29, 0.717) is 0 Å². The largest absolute Gasteiger partial charge is 0.482 e. The fourth-order valence-corrected chi connectivity index (χ4v) is 15.1. The highest BCUT2D eigenvalue weighted by molar-refractivity contribution is 7.29. The van der Waals surface area contributed by atoms with Crippen molar-refractivity contribution in [2.24, 2.45) is 0 Å². The summed E-state index contributed by atoms with van der Waals surface area (Å²) in [5.74, 6) is 2.09. The predicted octanol–water partition coefficient (Wildman–Crippen LogP) is 18.5. The highest BCUT2D eigenvalue weighted by Gasteiger charge is 2.44. The van der Waals surface area contributed by atoms with Crippen molar-refractivity contribution in [3.63, 3.8) is 0 Å². The van der Waals surface area contributed by atoms with Crippen molar-refractivity contribution in [3.05, 3.63) is 52.2 Å². The van der Waals surface area contributed by atoms with Gasteiger partial charge < -0.3 is 9.47 Å². The van der Waals surface area contributed by atoms with Gasteiger partial charge in [0.2, 0.25) is 0 Å². The second-order valence-electron chi connectivity index (χ2n) is 18.4. The zero-order valence-electron chi connectivity index (χ0n) is 37.6. The fourth-order valence-electron chi connectivity index (χ4n) is 9.57. The first-order valence-electron chi connectivity index (χ1n) is 23.7. The summed E-state index contributed by atoms with van der Waals surface area (Å²) in [5.41, 5.74) is 5.85. The summed E-state index contributed by atoms with van der Waals surface area (Å²) in [5, 5.41) is 0. The van der Waals surface area contributed by atoms with Gasteiger partial charge >= 0.3 is 0 Å². The first kappa shape index (κ1) is 45.0. The second-order valence-corrected chi connectivity index (χ2v) is 23.3. The Labute approximate surface area is 386 Å². The number of rotatable bonds is 24. The molecule has 6 aromatic rings. The molecule has 0 N–H and O–H groups in total. The zero-order chi connectivity index (χ0) is 42.4. The van der Waals surface area contributed by atoms with Crippen LogP contribution < -0.4 is 9.47 Å². The van der Waals surface area contributed by atoms with Crippen LogP contribution in [0.2, 0.25) is 0 Å². The Morgan fingerprint density at radius 1 is 0.508 bits per heavy atom. The molecular weight excluding hydrogens is 847 g/mol. The SMILES string of the molecule is CCCCCCCCCCCCC1(CCCCCCCCCCCC)Oc2cc(-c3cc4c(s3)-c3sc(C)cc3OC4(C)C)sc2-c2sc(-c3cnc(C)c4nsnc34)cc21. The molecular formula is C51H67N3O2S5. The van der Waals surface area contributed by atoms with E-state index in [1.165, 1.54) is 190 Å². The predicted molar refractivity (Wildman–Crippen MR) is 267 cm³/mol. The van der Waals surface area contributed by atoms with Gasteiger partial charge in [-0.3, -0.25) is 4.98 Å². The molecule has 8 heterocycles. The molecule has 10 heteroatoms. The molecule has 6 aromatic heterocycles. The molecule has 0 saturated carbocycles. The van der Waals surface area contributed by atoms with E-state index in [4.69, 9.17) is 18.8 Å². The van der Waals surface area contributed by atoms with Gasteiger partial charge in [0.05, 0.1) is 36.9 Å². The smallest absolute Gasteiger partial charge is 0.140 e. The normalized spacial score (nSPS) is 14.7. The summed E-state index contributed by atoms with van der Waals surface area (Å²) in [7, 11) is 0. The molecule has 0 bridgehead atoms. The number of hydrogen-bond acceptors (Lipinski definition) is 10. The Hall–Kier alpha value is -2.63. The summed E-state index contributed by atoms with van der Waals surface area (Å²) in [4.78, 5) is 15.2. The van der Waals surface area contributed by atoms with Gasteiger partial charge in [-0.25, -0.2) is 0 Å². The lowest BCUT2D eigenvalue weighted by Gasteiger charge is -2.38. The standard InChI is InChI=1S/C51H67N3O2S5/c1-7-9-11-13-15-17-19-21-23-25-27-51(28-26-24-22-20-18-16-14-12-10-8-2)38-31-41(36-33-52-35(4)44-45(36)54-61-53-44)58-47(38)49-40(56-51)32-43(60-49)42-30-37-46(59-42)48-39(29-34(3)57-48)55-50(37,5)6/h29-33H,7-28H2,1-6H3. The molecule has 2 aliphatic rings. The third-order valence-electron chi connectivity index (χ3n) is 13.1. The van der Waals surface area contributed by atoms with E-state index < -0.39 is 0 Å². The van der Waals surface area contributed by atoms with E-state index in [0.717, 1.165) is 46.6 Å². The lowest BCUT2D eigenvalue weighted by molar-refractivity contribution is 0.0398. The minimum atomic E-state index is -0.384. The molecule has 0 radical (unpaired) electrons. The number of aryl methyl sites for hydroxylation is 2. The number of ether oxygens (including phenoxy) is 2. The number of pyridine rings is 1. The van der Waals surface area contributed by atoms with Gasteiger partial charge in [0.15, 0.2) is 0 Å². The first-order valence-corrected chi connectivity index (χ1v) is 27.7. The molecule has 0 fully saturated rings. The molecule has 61 heavy (non-hydrogen) atoms. The monoisotopic (exact) mass is 913 g/mol. The Kier molecular flexibility index (Phi) is 15.1. The lowest BCUT2D eigenvalue weighted by atomic mass is 9.81. The van der Waals surface area contributed by atoms with Crippen LogP contribution in [0.3, 0.4) is 0 Å². The van der Waals surface area contributed by atoms with E-state index in [1.807, 2.05) is 58.5 Å². The molecule has 328 valence electrons. The fraction of sp³-hybridized carbons (Fsp3) is 0.588. The molecule has 0 aliphatic carbocycles. The molecule has 0 aromatic carbocycles. The van der Waals surface area contributed by atoms with Crippen LogP contribution >= 0.6 is 57.1 Å². The maximum atomic E-state index is 7.61. The number of unbranched alkanes of at least 4 members (excludes halogenated alkanes) is 18. The summed E-state index contributed by atoms with van der Waals surface area (Å²) in [6.45, 7) is 13.3. The van der Waals surface area contributed by atoms with Crippen molar-refractivity contribution in [1.82, 2.24) is 13.7 Å². The van der Waals surface area contributed by atoms with Crippen LogP contribution in [0.5, 0.6) is 11.5 Å². The molecule has 2 aliphatic heterocycles. The van der Waals surface area contributed by atoms with E-state index >= 15 is 0 Å². The Bertz CT molecular complexity index is 2330. The summed E-state index contributed by atoms with van der Waals surface area (Å²) >= 11 is 8.88. The summed E-state index contributed by atoms with van der Waals surface area (Å²) < 4.78 is 23.7. The van der Waals surface area contributed by atoms with Crippen molar-refractivity contribution in [2.75, 3.05) is 0 Å². The average Bonchev–Trinajstić information content (AvgIpc) is 4.09. The average molecular weight is 914 g/mol. The highest BCUT2D eigenvalue weighted by Crippen LogP contribution is 2.60. The quantitative estimate of drug-likeness (QED) is 0.0566. The molecule has 0 unspecified atom stereocenters. The lowest BCUT2D eigenvalue weighted by Crippen LogP contribution is -2.35. The molecule has 0 spiro atoms. The Balaban J connectivity index is 1.10. The van der Waals surface area contributed by atoms with Crippen LogP contribution in [-0.4, -0.2) is 13.7 Å². The van der Waals surface area contributed by atoms with E-state index in [1.54, 1.807) is 0 Å². The first-order chi connectivity index (χ1) is 29.7. The molecule has 5 nitrogen and oxygen atoms in total. The van der Waals surface area contributed by atoms with Crippen LogP contribution in [-0.2, 0) is 11.2 Å². The van der Waals surface area contributed by atoms with Gasteiger partial charge in [-0.05, 0) is 71.6 Å². The summed E-state index contributed by atoms with van der Waals surface area (Å²) in [6, 6.07) is 9.47. The van der Waals surface area contributed by atoms with Gasteiger partial charge in [-0.1, -0.05) is 129 Å². The molecule has 0 amide bonds. The van der Waals surface area contributed by atoms with E-state index in [2.05, 4.69) is 63.3 Å². The maximum absolute atomic E-state index is 7.61. The minimum Gasteiger partial charge on any atom is -0.482 e. The zero-order valence-corrected chi connectivity index (χ0v) is 41.7. The van der Waals surface area contributed by atoms with E-state index in [-0.39, 0.29) is 11.2 Å². The van der Waals surface area contributed by atoms with Crippen molar-refractivity contribution in [3.8, 4) is 51.2 Å². The molecule has 0 saturated heterocycles. The van der Waals surface area contributed by atoms with Crippen LogP contribution in [0, 0.1) is 13.8 Å². The van der Waals surface area contributed by atoms with Gasteiger partial charge in [0.25, 0.3) is 0 Å². The number of fused-ring (bicyclic) bond motifs is 7. The van der Waals surface area contributed by atoms with Gasteiger partial charge in [-0.2, -0.15) is 8.75 Å². The van der Waals surface area contributed by atoms with Crippen molar-refractivity contribution in [2.45, 2.75) is 194 Å². The van der Waals surface area contributed by atoms with Gasteiger partial charge in [-0.15, -0.1) is 45.3 Å². The third-order valence-corrected chi connectivity index (χ3v) is 18.6. The number of aromatic nitrogens is 3. The second kappa shape index (κ2) is 20.5. The minimum absolute atomic E-state index is 0.360. The van der Waals surface area contributed by atoms with E-state index in [9.17, 15) is 0 Å². The van der Waals surface area contributed by atoms with Crippen molar-refractivity contribution in [1.29, 1.82) is 0 Å². The van der Waals surface area contributed by atoms with Crippen LogP contribution in [0.15, 0.2) is 30.5 Å². The third kappa shape index (κ3) is 10.0. The highest BCUT2D eigenvalue weighted by atomic mass is 32.1. The maximum Gasteiger partial charge on any atom is 0.140 e. The van der Waals surface area contributed by atoms with Crippen LogP contribution in [0.1, 0.15) is 191 Å². The van der Waals surface area contributed by atoms with Gasteiger partial charge in [0, 0.05) is 48.5 Å². The Morgan fingerprint density at radius 3 is 1.64 bits per heavy atom. The van der Waals surface area contributed by atoms with Crippen molar-refractivity contribution < 1.29 is 9.47 Å². The topological polar surface area (TPSA) is 57.1 Å². The number of nitrogens with zero attached hydrogens (tertiary/aromatic N) is 3. The Morgan fingerprint density at radius 2 is 1.00 bits per heavy atom. The summed E-state index contributed by atoms with van der Waals surface area (Å²) in [6.07, 6.45) is 30.9. The van der Waals surface area contributed by atoms with Gasteiger partial charge in [0.1, 0.15) is 33.7 Å². The molecule has 0 atom stereocenters. The van der Waals surface area contributed by atoms with Crippen LogP contribution in [0.4, 0.5) is 0 Å². The molecule has 8 rings (SSSR count). The van der Waals surface area contributed by atoms with Crippen molar-refractivity contribution >= 4 is 68.1 Å².